The molecule has 0 radical (unpaired) electrons. The number of pyridine rings is 1. The van der Waals surface area contributed by atoms with E-state index >= 15 is 0 Å². The number of H-pyrrole nitrogens is 1. The van der Waals surface area contributed by atoms with E-state index in [-0.39, 0.29) is 10.5 Å². The van der Waals surface area contributed by atoms with Crippen molar-refractivity contribution in [2.24, 2.45) is 11.8 Å². The Kier molecular flexibility index (Phi) is 4.99. The topological polar surface area (TPSA) is 79.0 Å². The minimum atomic E-state index is -3.51. The lowest BCUT2D eigenvalue weighted by molar-refractivity contribution is 0.271. The zero-order valence-corrected chi connectivity index (χ0v) is 12.6. The summed E-state index contributed by atoms with van der Waals surface area (Å²) >= 11 is 0. The van der Waals surface area contributed by atoms with Crippen LogP contribution in [0.4, 0.5) is 0 Å². The quantitative estimate of drug-likeness (QED) is 0.871. The van der Waals surface area contributed by atoms with Crippen LogP contribution >= 0.6 is 0 Å². The molecule has 2 N–H and O–H groups in total. The van der Waals surface area contributed by atoms with E-state index in [9.17, 15) is 13.2 Å². The van der Waals surface area contributed by atoms with Crippen molar-refractivity contribution >= 4 is 10.0 Å². The Morgan fingerprint density at radius 1 is 1.35 bits per heavy atom. The van der Waals surface area contributed by atoms with Crippen LogP contribution in [0.15, 0.2) is 28.0 Å². The Morgan fingerprint density at radius 2 is 2.15 bits per heavy atom. The molecule has 0 spiro atoms. The lowest BCUT2D eigenvalue weighted by atomic mass is 9.81. The summed E-state index contributed by atoms with van der Waals surface area (Å²) in [7, 11) is -3.51. The Morgan fingerprint density at radius 3 is 2.80 bits per heavy atom. The van der Waals surface area contributed by atoms with E-state index in [0.29, 0.717) is 12.5 Å². The maximum absolute atomic E-state index is 12.0. The third-order valence-electron chi connectivity index (χ3n) is 3.96. The molecule has 1 heterocycles. The monoisotopic (exact) mass is 298 g/mol. The van der Waals surface area contributed by atoms with Crippen LogP contribution in [0.25, 0.3) is 0 Å². The minimum absolute atomic E-state index is 0.106. The fraction of sp³-hybridized carbons (Fsp3) is 0.643. The van der Waals surface area contributed by atoms with Crippen molar-refractivity contribution in [1.82, 2.24) is 9.71 Å². The molecule has 0 bridgehead atoms. The van der Waals surface area contributed by atoms with E-state index < -0.39 is 10.0 Å². The van der Waals surface area contributed by atoms with E-state index in [4.69, 9.17) is 0 Å². The van der Waals surface area contributed by atoms with Gasteiger partial charge in [0, 0.05) is 18.8 Å². The number of sulfonamides is 1. The van der Waals surface area contributed by atoms with Gasteiger partial charge in [-0.05, 0) is 30.7 Å². The number of hydrogen-bond donors (Lipinski definition) is 2. The predicted octanol–water partition coefficient (Wildman–Crippen LogP) is 1.87. The second kappa shape index (κ2) is 6.54. The van der Waals surface area contributed by atoms with E-state index in [0.717, 1.165) is 12.3 Å². The van der Waals surface area contributed by atoms with Gasteiger partial charge in [-0.2, -0.15) is 0 Å². The average Bonchev–Trinajstić information content (AvgIpc) is 2.39. The summed E-state index contributed by atoms with van der Waals surface area (Å²) < 4.78 is 26.6. The van der Waals surface area contributed by atoms with Gasteiger partial charge >= 0.3 is 0 Å². The van der Waals surface area contributed by atoms with Crippen LogP contribution in [0.3, 0.4) is 0 Å². The largest absolute Gasteiger partial charge is 0.328 e. The highest BCUT2D eigenvalue weighted by molar-refractivity contribution is 7.89. The van der Waals surface area contributed by atoms with Gasteiger partial charge in [0.05, 0.1) is 4.90 Å². The molecule has 1 aliphatic rings. The maximum atomic E-state index is 12.0. The SMILES string of the molecule is CC1CCCC(CCNS(=O)(=O)c2ccc(=O)[nH]c2)C1. The molecule has 2 unspecified atom stereocenters. The van der Waals surface area contributed by atoms with Crippen LogP contribution in [-0.2, 0) is 10.0 Å². The number of aromatic nitrogens is 1. The standard InChI is InChI=1S/C14H22N2O3S/c1-11-3-2-4-12(9-11)7-8-16-20(18,19)13-5-6-14(17)15-10-13/h5-6,10-12,16H,2-4,7-9H2,1H3,(H,15,17). The average molecular weight is 298 g/mol. The number of hydrogen-bond acceptors (Lipinski definition) is 3. The Bertz CT molecular complexity index is 574. The van der Waals surface area contributed by atoms with Crippen LogP contribution in [0.1, 0.15) is 39.0 Å². The first-order chi connectivity index (χ1) is 9.47. The smallest absolute Gasteiger partial charge is 0.247 e. The Balaban J connectivity index is 1.86. The highest BCUT2D eigenvalue weighted by Crippen LogP contribution is 2.30. The van der Waals surface area contributed by atoms with Crippen LogP contribution in [0.2, 0.25) is 0 Å². The van der Waals surface area contributed by atoms with Crippen molar-refractivity contribution in [3.8, 4) is 0 Å². The van der Waals surface area contributed by atoms with Gasteiger partial charge in [-0.25, -0.2) is 13.1 Å². The molecule has 1 aliphatic carbocycles. The third kappa shape index (κ3) is 4.18. The molecule has 112 valence electrons. The zero-order chi connectivity index (χ0) is 14.6. The van der Waals surface area contributed by atoms with Crippen LogP contribution in [-0.4, -0.2) is 19.9 Å². The van der Waals surface area contributed by atoms with E-state index in [1.165, 1.54) is 44.0 Å². The summed E-state index contributed by atoms with van der Waals surface area (Å²) in [6.45, 7) is 2.72. The minimum Gasteiger partial charge on any atom is -0.328 e. The van der Waals surface area contributed by atoms with Crippen molar-refractivity contribution in [3.63, 3.8) is 0 Å². The third-order valence-corrected chi connectivity index (χ3v) is 5.41. The molecule has 0 amide bonds. The second-order valence-electron chi connectivity index (χ2n) is 5.71. The highest BCUT2D eigenvalue weighted by Gasteiger charge is 2.20. The summed E-state index contributed by atoms with van der Waals surface area (Å²) in [6.07, 6.45) is 7.05. The predicted molar refractivity (Wildman–Crippen MR) is 78.0 cm³/mol. The van der Waals surface area contributed by atoms with Crippen LogP contribution < -0.4 is 10.3 Å². The van der Waals surface area contributed by atoms with Crippen molar-refractivity contribution < 1.29 is 8.42 Å². The second-order valence-corrected chi connectivity index (χ2v) is 7.48. The number of aromatic amines is 1. The molecule has 5 nitrogen and oxygen atoms in total. The van der Waals surface area contributed by atoms with E-state index in [2.05, 4.69) is 16.6 Å². The zero-order valence-electron chi connectivity index (χ0n) is 11.8. The van der Waals surface area contributed by atoms with E-state index in [1.807, 2.05) is 0 Å². The van der Waals surface area contributed by atoms with Crippen LogP contribution in [0, 0.1) is 11.8 Å². The first kappa shape index (κ1) is 15.3. The van der Waals surface area contributed by atoms with Crippen molar-refractivity contribution in [2.45, 2.75) is 43.9 Å². The summed E-state index contributed by atoms with van der Waals surface area (Å²) in [6, 6.07) is 2.54. The first-order valence-corrected chi connectivity index (χ1v) is 8.64. The van der Waals surface area contributed by atoms with E-state index in [1.54, 1.807) is 0 Å². The molecular weight excluding hydrogens is 276 g/mol. The lowest BCUT2D eigenvalue weighted by Crippen LogP contribution is -2.27. The van der Waals surface area contributed by atoms with Gasteiger partial charge in [-0.15, -0.1) is 0 Å². The first-order valence-electron chi connectivity index (χ1n) is 7.16. The highest BCUT2D eigenvalue weighted by atomic mass is 32.2. The molecule has 1 aromatic rings. The molecule has 0 aliphatic heterocycles. The van der Waals surface area contributed by atoms with Crippen molar-refractivity contribution in [2.75, 3.05) is 6.54 Å². The van der Waals surface area contributed by atoms with Gasteiger partial charge in [0.25, 0.3) is 0 Å². The van der Waals surface area contributed by atoms with Gasteiger partial charge in [0.1, 0.15) is 0 Å². The van der Waals surface area contributed by atoms with Gasteiger partial charge in [0.2, 0.25) is 15.6 Å². The maximum Gasteiger partial charge on any atom is 0.247 e. The van der Waals surface area contributed by atoms with Gasteiger partial charge in [-0.1, -0.05) is 26.2 Å². The van der Waals surface area contributed by atoms with Crippen molar-refractivity contribution in [1.29, 1.82) is 0 Å². The molecule has 2 atom stereocenters. The summed E-state index contributed by atoms with van der Waals surface area (Å²) in [5.74, 6) is 1.38. The molecule has 1 fully saturated rings. The summed E-state index contributed by atoms with van der Waals surface area (Å²) in [4.78, 5) is 13.4. The fourth-order valence-electron chi connectivity index (χ4n) is 2.87. The van der Waals surface area contributed by atoms with Gasteiger partial charge in [-0.3, -0.25) is 4.79 Å². The Hall–Kier alpha value is -1.14. The number of rotatable bonds is 5. The molecule has 6 heteroatoms. The molecule has 2 rings (SSSR count). The molecular formula is C14H22N2O3S. The lowest BCUT2D eigenvalue weighted by Gasteiger charge is -2.26. The molecule has 0 aromatic carbocycles. The van der Waals surface area contributed by atoms with Gasteiger partial charge in [0.15, 0.2) is 0 Å². The summed E-state index contributed by atoms with van der Waals surface area (Å²) in [5, 5.41) is 0. The molecule has 1 saturated carbocycles. The van der Waals surface area contributed by atoms with Crippen LogP contribution in [0.5, 0.6) is 0 Å². The summed E-state index contributed by atoms with van der Waals surface area (Å²) in [5.41, 5.74) is -0.305. The fourth-order valence-corrected chi connectivity index (χ4v) is 3.88. The molecule has 20 heavy (non-hydrogen) atoms. The molecule has 0 saturated heterocycles. The Labute approximate surface area is 119 Å². The normalized spacial score (nSPS) is 23.6. The number of nitrogens with one attached hydrogen (secondary N) is 2. The van der Waals surface area contributed by atoms with Crippen molar-refractivity contribution in [3.05, 3.63) is 28.7 Å². The van der Waals surface area contributed by atoms with Gasteiger partial charge < -0.3 is 4.98 Å². The molecule has 1 aromatic heterocycles.